The lowest BCUT2D eigenvalue weighted by Crippen LogP contribution is -2.23. The Morgan fingerprint density at radius 3 is 2.58 bits per heavy atom. The fourth-order valence-corrected chi connectivity index (χ4v) is 2.56. The van der Waals surface area contributed by atoms with Crippen molar-refractivity contribution < 1.29 is 0 Å². The van der Waals surface area contributed by atoms with Crippen LogP contribution in [0.1, 0.15) is 17.0 Å². The van der Waals surface area contributed by atoms with Crippen LogP contribution >= 0.6 is 22.6 Å². The van der Waals surface area contributed by atoms with Crippen LogP contribution in [0.2, 0.25) is 0 Å². The Kier molecular flexibility index (Phi) is 4.47. The maximum Gasteiger partial charge on any atom is 0.282 e. The van der Waals surface area contributed by atoms with Crippen LogP contribution < -0.4 is 11.1 Å². The number of rotatable bonds is 3. The highest BCUT2D eigenvalue weighted by atomic mass is 127. The number of nitrogens with zero attached hydrogens (tertiary/aromatic N) is 3. The molecule has 2 heterocycles. The predicted octanol–water partition coefficient (Wildman–Crippen LogP) is 2.22. The number of nitrogens with one attached hydrogen (secondary N) is 2. The predicted molar refractivity (Wildman–Crippen MR) is 101 cm³/mol. The normalized spacial score (nSPS) is 11.3. The van der Waals surface area contributed by atoms with Gasteiger partial charge in [0.25, 0.3) is 11.1 Å². The van der Waals surface area contributed by atoms with Gasteiger partial charge in [-0.3, -0.25) is 24.7 Å². The first-order chi connectivity index (χ1) is 11.4. The summed E-state index contributed by atoms with van der Waals surface area (Å²) >= 11 is 2.22. The van der Waals surface area contributed by atoms with E-state index in [4.69, 9.17) is 0 Å². The molecule has 0 saturated heterocycles. The van der Waals surface area contributed by atoms with Crippen LogP contribution in [0.25, 0.3) is 5.95 Å². The molecule has 0 aliphatic heterocycles. The molecule has 0 saturated carbocycles. The molecule has 1 aromatic carbocycles. The first kappa shape index (κ1) is 16.4. The Morgan fingerprint density at radius 2 is 1.92 bits per heavy atom. The zero-order valence-electron chi connectivity index (χ0n) is 13.0. The summed E-state index contributed by atoms with van der Waals surface area (Å²) < 4.78 is 2.32. The standard InChI is InChI=1S/C16H14IN5O2/c1-9-7-14(23)20-16(19-9)22-15(24)13(10(2)21-22)8-18-12-5-3-11(17)4-6-12/h3-8,21H,1-2H3,(H,19,20,23). The smallest absolute Gasteiger partial charge is 0.282 e. The number of halogens is 1. The second-order valence-corrected chi connectivity index (χ2v) is 6.48. The molecule has 0 fully saturated rings. The molecular formula is C16H14IN5O2. The van der Waals surface area contributed by atoms with E-state index in [1.165, 1.54) is 17.0 Å². The highest BCUT2D eigenvalue weighted by Gasteiger charge is 2.12. The molecule has 0 radical (unpaired) electrons. The lowest BCUT2D eigenvalue weighted by atomic mass is 10.3. The van der Waals surface area contributed by atoms with Gasteiger partial charge < -0.3 is 0 Å². The lowest BCUT2D eigenvalue weighted by molar-refractivity contribution is 0.763. The van der Waals surface area contributed by atoms with Crippen LogP contribution in [0.5, 0.6) is 0 Å². The average molecular weight is 435 g/mol. The Morgan fingerprint density at radius 1 is 1.21 bits per heavy atom. The van der Waals surface area contributed by atoms with E-state index in [9.17, 15) is 9.59 Å². The molecule has 2 aromatic heterocycles. The Labute approximate surface area is 150 Å². The molecule has 7 nitrogen and oxygen atoms in total. The van der Waals surface area contributed by atoms with Gasteiger partial charge in [0.1, 0.15) is 0 Å². The summed E-state index contributed by atoms with van der Waals surface area (Å²) in [5.74, 6) is 0.155. The maximum atomic E-state index is 12.6. The quantitative estimate of drug-likeness (QED) is 0.488. The van der Waals surface area contributed by atoms with Crippen LogP contribution in [0.15, 0.2) is 44.9 Å². The maximum absolute atomic E-state index is 12.6. The van der Waals surface area contributed by atoms with E-state index < -0.39 is 0 Å². The lowest BCUT2D eigenvalue weighted by Gasteiger charge is -2.00. The summed E-state index contributed by atoms with van der Waals surface area (Å²) in [5.41, 5.74) is 1.70. The molecule has 0 amide bonds. The van der Waals surface area contributed by atoms with Crippen molar-refractivity contribution in [2.24, 2.45) is 4.99 Å². The summed E-state index contributed by atoms with van der Waals surface area (Å²) in [6.07, 6.45) is 1.51. The topological polar surface area (TPSA) is 95.9 Å². The van der Waals surface area contributed by atoms with Gasteiger partial charge in [0, 0.05) is 27.2 Å². The molecule has 0 spiro atoms. The first-order valence-electron chi connectivity index (χ1n) is 7.13. The van der Waals surface area contributed by atoms with Crippen molar-refractivity contribution >= 4 is 34.5 Å². The Bertz CT molecular complexity index is 1030. The van der Waals surface area contributed by atoms with Crippen LogP contribution in [0, 0.1) is 17.4 Å². The molecule has 0 aliphatic rings. The van der Waals surface area contributed by atoms with Crippen molar-refractivity contribution in [2.45, 2.75) is 13.8 Å². The Hall–Kier alpha value is -2.49. The van der Waals surface area contributed by atoms with Crippen molar-refractivity contribution in [3.63, 3.8) is 0 Å². The number of benzene rings is 1. The highest BCUT2D eigenvalue weighted by Crippen LogP contribution is 2.14. The fraction of sp³-hybridized carbons (Fsp3) is 0.125. The van der Waals surface area contributed by atoms with Crippen molar-refractivity contribution in [1.82, 2.24) is 19.7 Å². The van der Waals surface area contributed by atoms with Gasteiger partial charge in [-0.05, 0) is 60.7 Å². The third kappa shape index (κ3) is 3.37. The van der Waals surface area contributed by atoms with Gasteiger partial charge in [0.2, 0.25) is 5.95 Å². The summed E-state index contributed by atoms with van der Waals surface area (Å²) in [5, 5.41) is 2.91. The summed E-state index contributed by atoms with van der Waals surface area (Å²) in [4.78, 5) is 35.2. The average Bonchev–Trinajstić information content (AvgIpc) is 2.81. The molecule has 24 heavy (non-hydrogen) atoms. The minimum Gasteiger partial charge on any atom is -0.292 e. The van der Waals surface area contributed by atoms with Crippen LogP contribution in [0.3, 0.4) is 0 Å². The highest BCUT2D eigenvalue weighted by molar-refractivity contribution is 14.1. The summed E-state index contributed by atoms with van der Waals surface area (Å²) in [7, 11) is 0. The largest absolute Gasteiger partial charge is 0.292 e. The molecule has 122 valence electrons. The van der Waals surface area contributed by atoms with Gasteiger partial charge in [0.15, 0.2) is 0 Å². The van der Waals surface area contributed by atoms with Crippen LogP contribution in [0.4, 0.5) is 5.69 Å². The van der Waals surface area contributed by atoms with Crippen molar-refractivity contribution in [3.05, 3.63) is 71.6 Å². The van der Waals surface area contributed by atoms with Gasteiger partial charge in [0.05, 0.1) is 11.3 Å². The van der Waals surface area contributed by atoms with E-state index >= 15 is 0 Å². The van der Waals surface area contributed by atoms with Gasteiger partial charge in [-0.15, -0.1) is 0 Å². The van der Waals surface area contributed by atoms with E-state index in [1.54, 1.807) is 13.8 Å². The molecule has 0 unspecified atom stereocenters. The van der Waals surface area contributed by atoms with Crippen LogP contribution in [-0.4, -0.2) is 26.0 Å². The molecule has 2 N–H and O–H groups in total. The number of aromatic nitrogens is 4. The summed E-state index contributed by atoms with van der Waals surface area (Å²) in [6.45, 7) is 3.46. The minimum atomic E-state index is -0.324. The molecule has 0 aliphatic carbocycles. The minimum absolute atomic E-state index is 0.155. The molecule has 3 aromatic rings. The van der Waals surface area contributed by atoms with Gasteiger partial charge in [-0.2, -0.15) is 4.68 Å². The van der Waals surface area contributed by atoms with Crippen molar-refractivity contribution in [2.75, 3.05) is 0 Å². The number of aliphatic imine (C=N–C) groups is 1. The monoisotopic (exact) mass is 435 g/mol. The molecular weight excluding hydrogens is 421 g/mol. The molecule has 0 bridgehead atoms. The van der Waals surface area contributed by atoms with Crippen molar-refractivity contribution in [3.8, 4) is 5.95 Å². The number of hydrogen-bond donors (Lipinski definition) is 2. The first-order valence-corrected chi connectivity index (χ1v) is 8.21. The molecule has 8 heteroatoms. The zero-order chi connectivity index (χ0) is 17.3. The number of hydrogen-bond acceptors (Lipinski definition) is 4. The third-order valence-corrected chi connectivity index (χ3v) is 4.07. The summed E-state index contributed by atoms with van der Waals surface area (Å²) in [6, 6.07) is 8.99. The number of H-pyrrole nitrogens is 2. The van der Waals surface area contributed by atoms with Gasteiger partial charge in [-0.1, -0.05) is 0 Å². The molecule has 0 atom stereocenters. The molecule has 3 rings (SSSR count). The fourth-order valence-electron chi connectivity index (χ4n) is 2.20. The third-order valence-electron chi connectivity index (χ3n) is 3.36. The van der Waals surface area contributed by atoms with E-state index in [1.807, 2.05) is 24.3 Å². The number of aromatic amines is 2. The second kappa shape index (κ2) is 6.56. The van der Waals surface area contributed by atoms with Crippen LogP contribution in [-0.2, 0) is 0 Å². The van der Waals surface area contributed by atoms with E-state index in [0.29, 0.717) is 17.0 Å². The van der Waals surface area contributed by atoms with Crippen molar-refractivity contribution in [1.29, 1.82) is 0 Å². The SMILES string of the molecule is Cc1cc(=O)[nH]c(-n2[nH]c(C)c(C=Nc3ccc(I)cc3)c2=O)n1. The van der Waals surface area contributed by atoms with Gasteiger partial charge in [-0.25, -0.2) is 4.98 Å². The number of aryl methyl sites for hydroxylation is 2. The van der Waals surface area contributed by atoms with E-state index in [0.717, 1.165) is 9.26 Å². The van der Waals surface area contributed by atoms with E-state index in [2.05, 4.69) is 42.6 Å². The van der Waals surface area contributed by atoms with Gasteiger partial charge >= 0.3 is 0 Å². The van der Waals surface area contributed by atoms with E-state index in [-0.39, 0.29) is 17.1 Å². The second-order valence-electron chi connectivity index (χ2n) is 5.24. The zero-order valence-corrected chi connectivity index (χ0v) is 15.2. The Balaban J connectivity index is 2.02.